The van der Waals surface area contributed by atoms with Gasteiger partial charge >= 0.3 is 0 Å². The molecule has 0 radical (unpaired) electrons. The average molecular weight is 432 g/mol. The lowest BCUT2D eigenvalue weighted by Gasteiger charge is -2.30. The second kappa shape index (κ2) is 8.82. The maximum Gasteiger partial charge on any atom is 0.270 e. The highest BCUT2D eigenvalue weighted by Crippen LogP contribution is 2.31. The minimum absolute atomic E-state index is 0.0642. The number of anilines is 1. The summed E-state index contributed by atoms with van der Waals surface area (Å²) in [6.45, 7) is 2.63. The van der Waals surface area contributed by atoms with Gasteiger partial charge in [0.05, 0.1) is 11.9 Å². The summed E-state index contributed by atoms with van der Waals surface area (Å²) in [5, 5.41) is 6.16. The predicted molar refractivity (Wildman–Crippen MR) is 125 cm³/mol. The van der Waals surface area contributed by atoms with Gasteiger partial charge in [0.1, 0.15) is 5.71 Å². The Kier molecular flexibility index (Phi) is 5.74. The van der Waals surface area contributed by atoms with Gasteiger partial charge in [-0.05, 0) is 75.5 Å². The highest BCUT2D eigenvalue weighted by molar-refractivity contribution is 6.46. The lowest BCUT2D eigenvalue weighted by molar-refractivity contribution is -0.117. The number of nitrogens with one attached hydrogen (secondary N) is 2. The molecule has 0 atom stereocenters. The topological polar surface area (TPSA) is 86.7 Å². The predicted octanol–water partition coefficient (Wildman–Crippen LogP) is 2.65. The summed E-state index contributed by atoms with van der Waals surface area (Å²) < 4.78 is 0. The second-order valence-corrected chi connectivity index (χ2v) is 9.13. The third-order valence-electron chi connectivity index (χ3n) is 6.57. The number of pyridine rings is 1. The van der Waals surface area contributed by atoms with Gasteiger partial charge in [0.2, 0.25) is 5.91 Å². The summed E-state index contributed by atoms with van der Waals surface area (Å²) >= 11 is 0. The number of fused-ring (bicyclic) bond motifs is 1. The molecule has 1 saturated heterocycles. The molecular weight excluding hydrogens is 402 g/mol. The molecule has 166 valence electrons. The van der Waals surface area contributed by atoms with E-state index in [1.165, 1.54) is 0 Å². The summed E-state index contributed by atoms with van der Waals surface area (Å²) in [4.78, 5) is 36.4. The van der Waals surface area contributed by atoms with E-state index in [1.807, 2.05) is 12.1 Å². The Labute approximate surface area is 188 Å². The first-order chi connectivity index (χ1) is 15.6. The van der Waals surface area contributed by atoms with Crippen LogP contribution in [0.5, 0.6) is 0 Å². The third-order valence-corrected chi connectivity index (χ3v) is 6.57. The number of benzene rings is 1. The van der Waals surface area contributed by atoms with Crippen LogP contribution in [-0.2, 0) is 16.0 Å². The molecule has 32 heavy (non-hydrogen) atoms. The Morgan fingerprint density at radius 2 is 1.84 bits per heavy atom. The summed E-state index contributed by atoms with van der Waals surface area (Å²) in [6, 6.07) is 8.31. The number of hydrogen-bond donors (Lipinski definition) is 2. The van der Waals surface area contributed by atoms with E-state index >= 15 is 0 Å². The van der Waals surface area contributed by atoms with Crippen LogP contribution in [0.3, 0.4) is 0 Å². The molecule has 2 fully saturated rings. The van der Waals surface area contributed by atoms with Gasteiger partial charge in [0.15, 0.2) is 0 Å². The van der Waals surface area contributed by atoms with Gasteiger partial charge in [-0.1, -0.05) is 12.1 Å². The molecule has 1 aromatic heterocycles. The number of piperidine rings is 1. The number of nitrogens with zero attached hydrogens (tertiary/aromatic N) is 3. The van der Waals surface area contributed by atoms with Crippen molar-refractivity contribution < 1.29 is 9.59 Å². The summed E-state index contributed by atoms with van der Waals surface area (Å²) in [5.74, 6) is 0.125. The molecule has 7 heteroatoms. The molecule has 7 nitrogen and oxygen atoms in total. The van der Waals surface area contributed by atoms with E-state index in [2.05, 4.69) is 44.7 Å². The molecule has 2 N–H and O–H groups in total. The van der Waals surface area contributed by atoms with Crippen LogP contribution in [0.25, 0.3) is 11.1 Å². The maximum atomic E-state index is 13.1. The average Bonchev–Trinajstić information content (AvgIpc) is 3.66. The molecule has 1 saturated carbocycles. The number of hydrogen-bond acceptors (Lipinski definition) is 5. The Hall–Kier alpha value is -3.06. The number of aromatic nitrogens is 1. The Bertz CT molecular complexity index is 1070. The van der Waals surface area contributed by atoms with Gasteiger partial charge in [0.25, 0.3) is 5.91 Å². The minimum atomic E-state index is -0.0822. The molecular formula is C25H29N5O2. The third kappa shape index (κ3) is 4.58. The number of carbonyl (C=O) groups is 2. The van der Waals surface area contributed by atoms with Gasteiger partial charge in [-0.25, -0.2) is 0 Å². The number of carbonyl (C=O) groups excluding carboxylic acids is 2. The van der Waals surface area contributed by atoms with E-state index in [0.717, 1.165) is 67.4 Å². The second-order valence-electron chi connectivity index (χ2n) is 9.13. The van der Waals surface area contributed by atoms with Crippen LogP contribution in [0.1, 0.15) is 36.8 Å². The number of rotatable bonds is 5. The molecule has 1 aromatic carbocycles. The van der Waals surface area contributed by atoms with Crippen LogP contribution < -0.4 is 10.6 Å². The van der Waals surface area contributed by atoms with Gasteiger partial charge in [-0.15, -0.1) is 0 Å². The maximum absolute atomic E-state index is 13.1. The van der Waals surface area contributed by atoms with Crippen molar-refractivity contribution >= 4 is 23.2 Å². The number of amides is 2. The molecule has 2 aromatic rings. The van der Waals surface area contributed by atoms with Crippen molar-refractivity contribution in [3.8, 4) is 11.1 Å². The van der Waals surface area contributed by atoms with Crippen LogP contribution >= 0.6 is 0 Å². The Morgan fingerprint density at radius 1 is 1.03 bits per heavy atom. The molecule has 1 aliphatic carbocycles. The zero-order valence-corrected chi connectivity index (χ0v) is 18.4. The fraction of sp³-hybridized carbons (Fsp3) is 0.440. The lowest BCUT2D eigenvalue weighted by atomic mass is 9.92. The Balaban J connectivity index is 1.36. The van der Waals surface area contributed by atoms with Crippen molar-refractivity contribution in [3.05, 3.63) is 47.8 Å². The van der Waals surface area contributed by atoms with Crippen LogP contribution in [0.2, 0.25) is 0 Å². The van der Waals surface area contributed by atoms with Gasteiger partial charge in [-0.3, -0.25) is 19.6 Å². The first kappa shape index (κ1) is 20.8. The van der Waals surface area contributed by atoms with Crippen molar-refractivity contribution in [2.45, 2.75) is 38.1 Å². The van der Waals surface area contributed by atoms with Gasteiger partial charge in [-0.2, -0.15) is 0 Å². The van der Waals surface area contributed by atoms with E-state index < -0.39 is 0 Å². The quantitative estimate of drug-likeness (QED) is 0.762. The fourth-order valence-corrected chi connectivity index (χ4v) is 4.42. The summed E-state index contributed by atoms with van der Waals surface area (Å²) in [6.07, 6.45) is 8.14. The SMILES string of the molecule is CN1CCC(NC(=O)C2=NCCc3ccc(-c4cncc(NC(=O)C5CC5)c4)cc32)CC1. The van der Waals surface area contributed by atoms with Crippen molar-refractivity contribution in [1.29, 1.82) is 0 Å². The zero-order chi connectivity index (χ0) is 22.1. The lowest BCUT2D eigenvalue weighted by Crippen LogP contribution is -2.46. The first-order valence-electron chi connectivity index (χ1n) is 11.5. The minimum Gasteiger partial charge on any atom is -0.348 e. The molecule has 0 spiro atoms. The van der Waals surface area contributed by atoms with Crippen LogP contribution in [0, 0.1) is 5.92 Å². The van der Waals surface area contributed by atoms with Crippen molar-refractivity contribution in [1.82, 2.24) is 15.2 Å². The highest BCUT2D eigenvalue weighted by atomic mass is 16.2. The molecule has 5 rings (SSSR count). The number of aliphatic imine (C=N–C) groups is 1. The standard InChI is InChI=1S/C25H29N5O2/c1-30-10-7-20(8-11-30)28-25(32)23-22-13-18(5-2-16(22)6-9-27-23)19-12-21(15-26-14-19)29-24(31)17-3-4-17/h2,5,12-15,17,20H,3-4,6-11H2,1H3,(H,28,32)(H,29,31). The van der Waals surface area contributed by atoms with E-state index in [4.69, 9.17) is 0 Å². The number of likely N-dealkylation sites (tertiary alicyclic amines) is 1. The summed E-state index contributed by atoms with van der Waals surface area (Å²) in [7, 11) is 2.11. The molecule has 3 aliphatic rings. The molecule has 3 heterocycles. The van der Waals surface area contributed by atoms with Gasteiger partial charge in [0, 0.05) is 35.8 Å². The van der Waals surface area contributed by atoms with E-state index in [-0.39, 0.29) is 23.8 Å². The van der Waals surface area contributed by atoms with Crippen LogP contribution in [0.15, 0.2) is 41.7 Å². The molecule has 0 bridgehead atoms. The van der Waals surface area contributed by atoms with Crippen LogP contribution in [-0.4, -0.2) is 60.1 Å². The van der Waals surface area contributed by atoms with Gasteiger partial charge < -0.3 is 15.5 Å². The smallest absolute Gasteiger partial charge is 0.270 e. The van der Waals surface area contributed by atoms with Crippen molar-refractivity contribution in [2.24, 2.45) is 10.9 Å². The monoisotopic (exact) mass is 431 g/mol. The zero-order valence-electron chi connectivity index (χ0n) is 18.4. The largest absolute Gasteiger partial charge is 0.348 e. The normalized spacial score (nSPS) is 19.1. The molecule has 2 aliphatic heterocycles. The first-order valence-corrected chi connectivity index (χ1v) is 11.5. The van der Waals surface area contributed by atoms with Crippen molar-refractivity contribution in [2.75, 3.05) is 32.0 Å². The van der Waals surface area contributed by atoms with Crippen LogP contribution in [0.4, 0.5) is 5.69 Å². The molecule has 0 unspecified atom stereocenters. The highest BCUT2D eigenvalue weighted by Gasteiger charge is 2.29. The van der Waals surface area contributed by atoms with E-state index in [0.29, 0.717) is 17.9 Å². The Morgan fingerprint density at radius 3 is 2.62 bits per heavy atom. The van der Waals surface area contributed by atoms with E-state index in [1.54, 1.807) is 12.4 Å². The van der Waals surface area contributed by atoms with E-state index in [9.17, 15) is 9.59 Å². The molecule has 2 amide bonds. The summed E-state index contributed by atoms with van der Waals surface area (Å²) in [5.41, 5.74) is 5.13. The van der Waals surface area contributed by atoms with Crippen molar-refractivity contribution in [3.63, 3.8) is 0 Å². The fourth-order valence-electron chi connectivity index (χ4n) is 4.42.